The van der Waals surface area contributed by atoms with Crippen molar-refractivity contribution >= 4 is 11.8 Å². The van der Waals surface area contributed by atoms with Crippen molar-refractivity contribution in [2.45, 2.75) is 44.2 Å². The van der Waals surface area contributed by atoms with Crippen LogP contribution in [0.15, 0.2) is 0 Å². The van der Waals surface area contributed by atoms with Crippen molar-refractivity contribution in [3.63, 3.8) is 0 Å². The van der Waals surface area contributed by atoms with Crippen molar-refractivity contribution in [2.75, 3.05) is 45.8 Å². The predicted octanol–water partition coefficient (Wildman–Crippen LogP) is 1.04. The Bertz CT molecular complexity index is 516. The summed E-state index contributed by atoms with van der Waals surface area (Å²) >= 11 is 0. The third-order valence-corrected chi connectivity index (χ3v) is 6.06. The molecule has 23 heavy (non-hydrogen) atoms. The Morgan fingerprint density at radius 3 is 2.39 bits per heavy atom. The van der Waals surface area contributed by atoms with Crippen LogP contribution >= 0.6 is 0 Å². The van der Waals surface area contributed by atoms with Gasteiger partial charge in [-0.2, -0.15) is 0 Å². The molecule has 1 saturated carbocycles. The van der Waals surface area contributed by atoms with Crippen molar-refractivity contribution in [3.05, 3.63) is 0 Å². The minimum Gasteiger partial charge on any atom is -0.340 e. The van der Waals surface area contributed by atoms with Gasteiger partial charge < -0.3 is 14.7 Å². The number of rotatable bonds is 4. The topological polar surface area (TPSA) is 43.9 Å². The molecule has 0 aromatic rings. The molecule has 5 nitrogen and oxygen atoms in total. The van der Waals surface area contributed by atoms with Gasteiger partial charge in [0, 0.05) is 32.7 Å². The largest absolute Gasteiger partial charge is 0.340 e. The second-order valence-corrected chi connectivity index (χ2v) is 7.85. The second-order valence-electron chi connectivity index (χ2n) is 7.85. The van der Waals surface area contributed by atoms with E-state index in [0.717, 1.165) is 45.6 Å². The van der Waals surface area contributed by atoms with Gasteiger partial charge in [0.25, 0.3) is 5.91 Å². The number of alkyl halides is 1. The first-order chi connectivity index (χ1) is 11.0. The first-order valence-corrected chi connectivity index (χ1v) is 9.03. The molecule has 3 saturated heterocycles. The Hall–Kier alpha value is -1.17. The van der Waals surface area contributed by atoms with Gasteiger partial charge in [0.1, 0.15) is 0 Å². The Morgan fingerprint density at radius 2 is 1.74 bits per heavy atom. The third-order valence-electron chi connectivity index (χ3n) is 6.06. The number of halogens is 1. The first kappa shape index (κ1) is 15.4. The normalized spacial score (nSPS) is 33.2. The number of carbonyl (C=O) groups excluding carboxylic acids is 2. The number of β-lactam (4-membered cyclic amide) rings is 1. The van der Waals surface area contributed by atoms with Crippen LogP contribution in [0.5, 0.6) is 0 Å². The fourth-order valence-corrected chi connectivity index (χ4v) is 4.41. The summed E-state index contributed by atoms with van der Waals surface area (Å²) in [6.45, 7) is 5.81. The molecular formula is C17H26FN3O2. The predicted molar refractivity (Wildman–Crippen MR) is 83.6 cm³/mol. The van der Waals surface area contributed by atoms with Gasteiger partial charge in [-0.3, -0.25) is 9.59 Å². The molecule has 6 heteroatoms. The summed E-state index contributed by atoms with van der Waals surface area (Å²) in [5.41, 5.74) is -2.02. The molecule has 3 heterocycles. The zero-order valence-electron chi connectivity index (χ0n) is 13.7. The molecule has 4 rings (SSSR count). The van der Waals surface area contributed by atoms with Crippen LogP contribution in [-0.4, -0.2) is 78.0 Å². The molecule has 1 spiro atoms. The highest BCUT2D eigenvalue weighted by Gasteiger charge is 2.58. The number of amides is 2. The highest BCUT2D eigenvalue weighted by molar-refractivity contribution is 5.92. The summed E-state index contributed by atoms with van der Waals surface area (Å²) < 4.78 is 14.0. The molecule has 3 aliphatic heterocycles. The molecule has 4 aliphatic rings. The van der Waals surface area contributed by atoms with E-state index in [2.05, 4.69) is 4.90 Å². The fraction of sp³-hybridized carbons (Fsp3) is 0.882. The molecule has 0 aromatic heterocycles. The van der Waals surface area contributed by atoms with Crippen LogP contribution in [-0.2, 0) is 9.59 Å². The number of hydrogen-bond acceptors (Lipinski definition) is 3. The van der Waals surface area contributed by atoms with Crippen molar-refractivity contribution in [2.24, 2.45) is 5.41 Å². The van der Waals surface area contributed by atoms with Crippen molar-refractivity contribution in [3.8, 4) is 0 Å². The zero-order chi connectivity index (χ0) is 16.1. The molecule has 128 valence electrons. The van der Waals surface area contributed by atoms with Gasteiger partial charge in [0.15, 0.2) is 5.67 Å². The van der Waals surface area contributed by atoms with Crippen molar-refractivity contribution < 1.29 is 14.0 Å². The molecule has 2 amide bonds. The minimum absolute atomic E-state index is 0.179. The number of carbonyl (C=O) groups is 2. The number of likely N-dealkylation sites (tertiary alicyclic amines) is 3. The Kier molecular flexibility index (Phi) is 3.63. The summed E-state index contributed by atoms with van der Waals surface area (Å²) in [6.07, 6.45) is 4.89. The van der Waals surface area contributed by atoms with E-state index < -0.39 is 11.1 Å². The fourth-order valence-electron chi connectivity index (χ4n) is 4.41. The summed E-state index contributed by atoms with van der Waals surface area (Å²) in [7, 11) is 0. The van der Waals surface area contributed by atoms with Crippen LogP contribution in [0.3, 0.4) is 0 Å². The highest BCUT2D eigenvalue weighted by Crippen LogP contribution is 2.45. The van der Waals surface area contributed by atoms with Gasteiger partial charge in [0.2, 0.25) is 5.91 Å². The number of hydrogen-bond donors (Lipinski definition) is 0. The van der Waals surface area contributed by atoms with E-state index >= 15 is 0 Å². The van der Waals surface area contributed by atoms with E-state index in [-0.39, 0.29) is 11.8 Å². The van der Waals surface area contributed by atoms with Gasteiger partial charge in [-0.15, -0.1) is 0 Å². The zero-order valence-corrected chi connectivity index (χ0v) is 13.7. The van der Waals surface area contributed by atoms with Crippen LogP contribution in [0.1, 0.15) is 38.5 Å². The van der Waals surface area contributed by atoms with Gasteiger partial charge in [-0.25, -0.2) is 4.39 Å². The van der Waals surface area contributed by atoms with Crippen LogP contribution < -0.4 is 0 Å². The molecule has 0 aromatic carbocycles. The van der Waals surface area contributed by atoms with Crippen molar-refractivity contribution in [1.82, 2.24) is 14.7 Å². The van der Waals surface area contributed by atoms with E-state index in [1.54, 1.807) is 4.90 Å². The minimum atomic E-state index is -1.61. The molecule has 1 atom stereocenters. The highest BCUT2D eigenvalue weighted by atomic mass is 19.1. The molecule has 0 N–H and O–H groups in total. The quantitative estimate of drug-likeness (QED) is 0.726. The van der Waals surface area contributed by atoms with Crippen LogP contribution in [0.2, 0.25) is 0 Å². The summed E-state index contributed by atoms with van der Waals surface area (Å²) in [5.74, 6) is -0.196. The van der Waals surface area contributed by atoms with Crippen LogP contribution in [0.4, 0.5) is 4.39 Å². The van der Waals surface area contributed by atoms with E-state index in [9.17, 15) is 14.0 Å². The third kappa shape index (κ3) is 2.65. The first-order valence-electron chi connectivity index (χ1n) is 9.03. The van der Waals surface area contributed by atoms with E-state index in [1.807, 2.05) is 4.90 Å². The lowest BCUT2D eigenvalue weighted by Gasteiger charge is -2.53. The van der Waals surface area contributed by atoms with Gasteiger partial charge in [-0.05, 0) is 51.6 Å². The molecular weight excluding hydrogens is 297 g/mol. The Morgan fingerprint density at radius 1 is 1.00 bits per heavy atom. The van der Waals surface area contributed by atoms with Gasteiger partial charge in [-0.1, -0.05) is 0 Å². The average Bonchev–Trinajstić information content (AvgIpc) is 3.11. The van der Waals surface area contributed by atoms with Crippen LogP contribution in [0, 0.1) is 5.41 Å². The molecule has 1 aliphatic carbocycles. The van der Waals surface area contributed by atoms with E-state index in [4.69, 9.17) is 0 Å². The number of piperidine rings is 1. The van der Waals surface area contributed by atoms with Crippen molar-refractivity contribution in [1.29, 1.82) is 0 Å². The van der Waals surface area contributed by atoms with Gasteiger partial charge >= 0.3 is 0 Å². The Balaban J connectivity index is 1.32. The Labute approximate surface area is 136 Å². The lowest BCUT2D eigenvalue weighted by atomic mass is 9.72. The molecule has 1 unspecified atom stereocenters. The van der Waals surface area contributed by atoms with E-state index in [0.29, 0.717) is 25.9 Å². The monoisotopic (exact) mass is 323 g/mol. The lowest BCUT2D eigenvalue weighted by Crippen LogP contribution is -2.68. The molecule has 0 bridgehead atoms. The number of nitrogens with zero attached hydrogens (tertiary/aromatic N) is 3. The SMILES string of the molecule is O=C(N1CCCC2(C1)CN(CCN1CCCC1)C2=O)C1(F)CC1. The lowest BCUT2D eigenvalue weighted by molar-refractivity contribution is -0.169. The smallest absolute Gasteiger partial charge is 0.260 e. The van der Waals surface area contributed by atoms with Gasteiger partial charge in [0.05, 0.1) is 5.41 Å². The van der Waals surface area contributed by atoms with Crippen LogP contribution in [0.25, 0.3) is 0 Å². The molecule has 4 fully saturated rings. The molecule has 0 radical (unpaired) electrons. The maximum absolute atomic E-state index is 14.0. The average molecular weight is 323 g/mol. The summed E-state index contributed by atoms with van der Waals surface area (Å²) in [4.78, 5) is 30.8. The second kappa shape index (κ2) is 5.43. The maximum Gasteiger partial charge on any atom is 0.260 e. The van der Waals surface area contributed by atoms with E-state index in [1.165, 1.54) is 12.8 Å². The maximum atomic E-state index is 14.0. The standard InChI is InChI=1S/C17H26FN3O2/c18-17(5-6-17)15(23)20-9-3-4-16(12-20)13-21(14(16)22)11-10-19-7-1-2-8-19/h1-13H2. The summed E-state index contributed by atoms with van der Waals surface area (Å²) in [5, 5.41) is 0. The summed E-state index contributed by atoms with van der Waals surface area (Å²) in [6, 6.07) is 0.